The number of carbonyl (C=O) groups is 1. The zero-order valence-electron chi connectivity index (χ0n) is 22.5. The van der Waals surface area contributed by atoms with E-state index < -0.39 is 11.7 Å². The first-order chi connectivity index (χ1) is 18.8. The summed E-state index contributed by atoms with van der Waals surface area (Å²) >= 11 is 0. The molecule has 1 aliphatic carbocycles. The molecule has 1 saturated heterocycles. The third kappa shape index (κ3) is 6.38. The Morgan fingerprint density at radius 3 is 2.26 bits per heavy atom. The largest absolute Gasteiger partial charge is 0.416 e. The minimum absolute atomic E-state index is 0.0619. The van der Waals surface area contributed by atoms with Crippen LogP contribution in [0.3, 0.4) is 0 Å². The van der Waals surface area contributed by atoms with Crippen molar-refractivity contribution in [2.24, 2.45) is 5.92 Å². The number of nitrogens with zero attached hydrogens (tertiary/aromatic N) is 2. The van der Waals surface area contributed by atoms with Crippen molar-refractivity contribution in [3.05, 3.63) is 107 Å². The first-order valence-electron chi connectivity index (χ1n) is 14.1. The first kappa shape index (κ1) is 27.4. The van der Waals surface area contributed by atoms with Crippen molar-refractivity contribution < 1.29 is 18.0 Å². The standard InChI is InChI=1S/C33H37F3N2O/c1-24-12-8-10-18-29(24)30-23-37(20-26-15-9-11-19-31(26)33(34,35)36)21-27(30)22-38(28-16-6-3-7-17-28)32(39)25-13-4-2-5-14-25/h2,4-5,8-15,18-19,27-28,30H,3,6-7,16-17,20-23H2,1H3/t27-,30+/m1/s1. The lowest BCUT2D eigenvalue weighted by Gasteiger charge is -2.37. The highest BCUT2D eigenvalue weighted by atomic mass is 19.4. The SMILES string of the molecule is Cc1ccccc1[C@H]1CN(Cc2ccccc2C(F)(F)F)C[C@@H]1CN(C(=O)c1ccccc1)C1CCCCC1. The van der Waals surface area contributed by atoms with Gasteiger partial charge in [-0.25, -0.2) is 0 Å². The normalized spacial score (nSPS) is 20.7. The molecule has 3 aromatic carbocycles. The third-order valence-corrected chi connectivity index (χ3v) is 8.55. The summed E-state index contributed by atoms with van der Waals surface area (Å²) in [5.41, 5.74) is 2.85. The van der Waals surface area contributed by atoms with E-state index in [-0.39, 0.29) is 30.3 Å². The first-order valence-corrected chi connectivity index (χ1v) is 14.1. The zero-order chi connectivity index (χ0) is 27.4. The molecule has 0 aromatic heterocycles. The van der Waals surface area contributed by atoms with Crippen molar-refractivity contribution in [3.63, 3.8) is 0 Å². The Balaban J connectivity index is 1.45. The Morgan fingerprint density at radius 1 is 0.872 bits per heavy atom. The average Bonchev–Trinajstić information content (AvgIpc) is 3.34. The van der Waals surface area contributed by atoms with Gasteiger partial charge in [-0.3, -0.25) is 9.69 Å². The maximum absolute atomic E-state index is 13.9. The van der Waals surface area contributed by atoms with E-state index in [9.17, 15) is 18.0 Å². The van der Waals surface area contributed by atoms with Crippen LogP contribution >= 0.6 is 0 Å². The average molecular weight is 535 g/mol. The van der Waals surface area contributed by atoms with Gasteiger partial charge in [0.1, 0.15) is 0 Å². The topological polar surface area (TPSA) is 23.6 Å². The van der Waals surface area contributed by atoms with E-state index in [1.165, 1.54) is 29.7 Å². The molecule has 3 nitrogen and oxygen atoms in total. The van der Waals surface area contributed by atoms with Crippen LogP contribution < -0.4 is 0 Å². The van der Waals surface area contributed by atoms with Crippen LogP contribution in [-0.2, 0) is 12.7 Å². The number of rotatable bonds is 7. The number of alkyl halides is 3. The quantitative estimate of drug-likeness (QED) is 0.310. The van der Waals surface area contributed by atoms with Crippen molar-refractivity contribution >= 4 is 5.91 Å². The molecule has 5 rings (SSSR count). The molecule has 0 spiro atoms. The smallest absolute Gasteiger partial charge is 0.335 e. The van der Waals surface area contributed by atoms with Gasteiger partial charge in [0.05, 0.1) is 5.56 Å². The molecule has 2 aliphatic rings. The van der Waals surface area contributed by atoms with Crippen LogP contribution in [0.25, 0.3) is 0 Å². The second kappa shape index (κ2) is 12.0. The van der Waals surface area contributed by atoms with Crippen molar-refractivity contribution in [1.29, 1.82) is 0 Å². The minimum Gasteiger partial charge on any atom is -0.335 e. The highest BCUT2D eigenvalue weighted by Gasteiger charge is 2.39. The van der Waals surface area contributed by atoms with Crippen LogP contribution in [0.5, 0.6) is 0 Å². The maximum atomic E-state index is 13.9. The second-order valence-corrected chi connectivity index (χ2v) is 11.2. The van der Waals surface area contributed by atoms with Gasteiger partial charge < -0.3 is 4.90 Å². The van der Waals surface area contributed by atoms with E-state index in [0.717, 1.165) is 25.7 Å². The second-order valence-electron chi connectivity index (χ2n) is 11.2. The van der Waals surface area contributed by atoms with Crippen LogP contribution in [0.15, 0.2) is 78.9 Å². The highest BCUT2D eigenvalue weighted by molar-refractivity contribution is 5.94. The van der Waals surface area contributed by atoms with Crippen molar-refractivity contribution in [3.8, 4) is 0 Å². The van der Waals surface area contributed by atoms with Crippen LogP contribution in [0.1, 0.15) is 70.6 Å². The lowest BCUT2D eigenvalue weighted by Crippen LogP contribution is -2.45. The van der Waals surface area contributed by atoms with Crippen LogP contribution in [0.4, 0.5) is 13.2 Å². The van der Waals surface area contributed by atoms with E-state index in [4.69, 9.17) is 0 Å². The molecule has 0 unspecified atom stereocenters. The molecule has 206 valence electrons. The molecule has 3 aromatic rings. The lowest BCUT2D eigenvalue weighted by molar-refractivity contribution is -0.138. The van der Waals surface area contributed by atoms with E-state index in [2.05, 4.69) is 28.9 Å². The number of halogens is 3. The van der Waals surface area contributed by atoms with Gasteiger partial charge in [0, 0.05) is 43.7 Å². The molecule has 2 fully saturated rings. The van der Waals surface area contributed by atoms with E-state index in [1.54, 1.807) is 12.1 Å². The number of carbonyl (C=O) groups excluding carboxylic acids is 1. The summed E-state index contributed by atoms with van der Waals surface area (Å²) < 4.78 is 41.3. The fourth-order valence-corrected chi connectivity index (χ4v) is 6.60. The fourth-order valence-electron chi connectivity index (χ4n) is 6.60. The maximum Gasteiger partial charge on any atom is 0.416 e. The molecule has 1 saturated carbocycles. The molecule has 2 atom stereocenters. The van der Waals surface area contributed by atoms with Crippen molar-refractivity contribution in [2.75, 3.05) is 19.6 Å². The number of hydrogen-bond acceptors (Lipinski definition) is 2. The summed E-state index contributed by atoms with van der Waals surface area (Å²) in [6.45, 7) is 4.26. The summed E-state index contributed by atoms with van der Waals surface area (Å²) in [6, 6.07) is 23.9. The molecule has 0 N–H and O–H groups in total. The minimum atomic E-state index is -4.38. The Morgan fingerprint density at radius 2 is 1.54 bits per heavy atom. The molecule has 1 amide bonds. The monoisotopic (exact) mass is 534 g/mol. The Bertz CT molecular complexity index is 1250. The molecule has 1 heterocycles. The molecule has 39 heavy (non-hydrogen) atoms. The summed E-state index contributed by atoms with van der Waals surface area (Å²) in [5, 5.41) is 0. The fraction of sp³-hybridized carbons (Fsp3) is 0.424. The Kier molecular flexibility index (Phi) is 8.41. The third-order valence-electron chi connectivity index (χ3n) is 8.55. The number of amides is 1. The number of likely N-dealkylation sites (tertiary alicyclic amines) is 1. The van der Waals surface area contributed by atoms with Gasteiger partial charge in [0.2, 0.25) is 0 Å². The molecular weight excluding hydrogens is 497 g/mol. The van der Waals surface area contributed by atoms with Crippen LogP contribution in [0, 0.1) is 12.8 Å². The van der Waals surface area contributed by atoms with E-state index in [1.807, 2.05) is 42.5 Å². The van der Waals surface area contributed by atoms with Crippen molar-refractivity contribution in [1.82, 2.24) is 9.80 Å². The summed E-state index contributed by atoms with van der Waals surface area (Å²) in [5.74, 6) is 0.324. The molecule has 0 radical (unpaired) electrons. The molecule has 6 heteroatoms. The van der Waals surface area contributed by atoms with Crippen LogP contribution in [-0.4, -0.2) is 41.4 Å². The van der Waals surface area contributed by atoms with Crippen molar-refractivity contribution in [2.45, 2.75) is 63.7 Å². The summed E-state index contributed by atoms with van der Waals surface area (Å²) in [6.07, 6.45) is 1.06. The molecule has 0 bridgehead atoms. The molecule has 1 aliphatic heterocycles. The Labute approximate surface area is 229 Å². The zero-order valence-corrected chi connectivity index (χ0v) is 22.5. The van der Waals surface area contributed by atoms with Gasteiger partial charge in [-0.1, -0.05) is 79.9 Å². The number of hydrogen-bond donors (Lipinski definition) is 0. The predicted octanol–water partition coefficient (Wildman–Crippen LogP) is 7.70. The molecular formula is C33H37F3N2O. The Hall–Kier alpha value is -3.12. The van der Waals surface area contributed by atoms with Gasteiger partial charge in [0.25, 0.3) is 5.91 Å². The highest BCUT2D eigenvalue weighted by Crippen LogP contribution is 2.39. The van der Waals surface area contributed by atoms with Gasteiger partial charge in [0.15, 0.2) is 0 Å². The number of benzene rings is 3. The summed E-state index contributed by atoms with van der Waals surface area (Å²) in [7, 11) is 0. The van der Waals surface area contributed by atoms with Gasteiger partial charge in [-0.15, -0.1) is 0 Å². The van der Waals surface area contributed by atoms with Gasteiger partial charge in [-0.05, 0) is 60.6 Å². The van der Waals surface area contributed by atoms with E-state index >= 15 is 0 Å². The number of aryl methyl sites for hydroxylation is 1. The van der Waals surface area contributed by atoms with E-state index in [0.29, 0.717) is 30.8 Å². The van der Waals surface area contributed by atoms with Gasteiger partial charge in [-0.2, -0.15) is 13.2 Å². The van der Waals surface area contributed by atoms with Gasteiger partial charge >= 0.3 is 6.18 Å². The summed E-state index contributed by atoms with van der Waals surface area (Å²) in [4.78, 5) is 18.1. The lowest BCUT2D eigenvalue weighted by atomic mass is 9.85. The van der Waals surface area contributed by atoms with Crippen LogP contribution in [0.2, 0.25) is 0 Å². The predicted molar refractivity (Wildman–Crippen MR) is 148 cm³/mol.